The maximum absolute atomic E-state index is 11.4. The summed E-state index contributed by atoms with van der Waals surface area (Å²) in [4.78, 5) is 17.3. The predicted octanol–water partition coefficient (Wildman–Crippen LogP) is 2.39. The largest absolute Gasteiger partial charge is 0.478 e. The van der Waals surface area contributed by atoms with Crippen molar-refractivity contribution in [2.24, 2.45) is 0 Å². The summed E-state index contributed by atoms with van der Waals surface area (Å²) in [6.45, 7) is 3.32. The van der Waals surface area contributed by atoms with E-state index in [1.54, 1.807) is 24.5 Å². The fraction of sp³-hybridized carbons (Fsp3) is 0.200. The molecule has 2 aromatic rings. The number of carbonyl (C=O) groups is 1. The van der Waals surface area contributed by atoms with Crippen LogP contribution in [0.15, 0.2) is 42.7 Å². The number of hydrogen-bond acceptors (Lipinski definition) is 4. The minimum atomic E-state index is -0.972. The molecule has 5 heteroatoms. The summed E-state index contributed by atoms with van der Waals surface area (Å²) in [7, 11) is 0. The lowest BCUT2D eigenvalue weighted by molar-refractivity contribution is 0.0697. The SMILES string of the molecule is CCN(Cc1ccncc1)c1ccc(N)cc1C(=O)O. The van der Waals surface area contributed by atoms with Gasteiger partial charge in [-0.3, -0.25) is 4.98 Å². The van der Waals surface area contributed by atoms with E-state index in [-0.39, 0.29) is 5.56 Å². The van der Waals surface area contributed by atoms with Gasteiger partial charge < -0.3 is 15.7 Å². The van der Waals surface area contributed by atoms with Gasteiger partial charge in [-0.2, -0.15) is 0 Å². The van der Waals surface area contributed by atoms with Crippen molar-refractivity contribution < 1.29 is 9.90 Å². The molecule has 0 atom stereocenters. The van der Waals surface area contributed by atoms with Gasteiger partial charge in [0.05, 0.1) is 11.3 Å². The Morgan fingerprint density at radius 2 is 2.00 bits per heavy atom. The zero-order valence-electron chi connectivity index (χ0n) is 11.3. The Balaban J connectivity index is 2.34. The lowest BCUT2D eigenvalue weighted by Gasteiger charge is -2.25. The first-order valence-corrected chi connectivity index (χ1v) is 6.38. The number of carboxylic acid groups (broad SMARTS) is 1. The molecule has 0 bridgehead atoms. The molecule has 0 unspecified atom stereocenters. The summed E-state index contributed by atoms with van der Waals surface area (Å²) < 4.78 is 0. The molecule has 2 rings (SSSR count). The highest BCUT2D eigenvalue weighted by molar-refractivity contribution is 5.95. The maximum atomic E-state index is 11.4. The third-order valence-electron chi connectivity index (χ3n) is 3.10. The van der Waals surface area contributed by atoms with Crippen LogP contribution in [0.2, 0.25) is 0 Å². The van der Waals surface area contributed by atoms with E-state index >= 15 is 0 Å². The fourth-order valence-electron chi connectivity index (χ4n) is 2.08. The molecule has 0 amide bonds. The van der Waals surface area contributed by atoms with Gasteiger partial charge in [-0.05, 0) is 42.8 Å². The average Bonchev–Trinajstić information content (AvgIpc) is 2.46. The molecular weight excluding hydrogens is 254 g/mol. The van der Waals surface area contributed by atoms with E-state index in [2.05, 4.69) is 4.98 Å². The van der Waals surface area contributed by atoms with E-state index in [1.165, 1.54) is 6.07 Å². The molecule has 1 heterocycles. The molecule has 20 heavy (non-hydrogen) atoms. The number of rotatable bonds is 5. The van der Waals surface area contributed by atoms with E-state index in [1.807, 2.05) is 24.0 Å². The van der Waals surface area contributed by atoms with Crippen molar-refractivity contribution in [2.75, 3.05) is 17.2 Å². The van der Waals surface area contributed by atoms with Crippen LogP contribution in [-0.4, -0.2) is 22.6 Å². The molecule has 0 fully saturated rings. The van der Waals surface area contributed by atoms with Crippen LogP contribution in [0.1, 0.15) is 22.8 Å². The summed E-state index contributed by atoms with van der Waals surface area (Å²) in [6.07, 6.45) is 3.45. The highest BCUT2D eigenvalue weighted by Crippen LogP contribution is 2.24. The van der Waals surface area contributed by atoms with Crippen molar-refractivity contribution in [1.82, 2.24) is 4.98 Å². The van der Waals surface area contributed by atoms with Crippen LogP contribution in [0.3, 0.4) is 0 Å². The first-order chi connectivity index (χ1) is 9.61. The Hall–Kier alpha value is -2.56. The van der Waals surface area contributed by atoms with Crippen LogP contribution in [0.4, 0.5) is 11.4 Å². The Labute approximate surface area is 117 Å². The normalized spacial score (nSPS) is 10.2. The van der Waals surface area contributed by atoms with Gasteiger partial charge in [-0.15, -0.1) is 0 Å². The van der Waals surface area contributed by atoms with Gasteiger partial charge in [-0.25, -0.2) is 4.79 Å². The molecule has 0 saturated heterocycles. The number of nitrogen functional groups attached to an aromatic ring is 1. The summed E-state index contributed by atoms with van der Waals surface area (Å²) in [6, 6.07) is 8.80. The van der Waals surface area contributed by atoms with Crippen LogP contribution in [-0.2, 0) is 6.54 Å². The topological polar surface area (TPSA) is 79.5 Å². The molecule has 5 nitrogen and oxygen atoms in total. The van der Waals surface area contributed by atoms with E-state index in [0.717, 1.165) is 5.56 Å². The highest BCUT2D eigenvalue weighted by Gasteiger charge is 2.15. The number of pyridine rings is 1. The van der Waals surface area contributed by atoms with E-state index < -0.39 is 5.97 Å². The Morgan fingerprint density at radius 3 is 2.60 bits per heavy atom. The highest BCUT2D eigenvalue weighted by atomic mass is 16.4. The molecule has 0 aliphatic carbocycles. The van der Waals surface area contributed by atoms with Gasteiger partial charge in [0, 0.05) is 31.2 Å². The molecule has 0 aliphatic heterocycles. The molecule has 0 spiro atoms. The van der Waals surface area contributed by atoms with Crippen molar-refractivity contribution in [3.63, 3.8) is 0 Å². The van der Waals surface area contributed by atoms with Gasteiger partial charge in [0.1, 0.15) is 0 Å². The molecule has 3 N–H and O–H groups in total. The van der Waals surface area contributed by atoms with Crippen molar-refractivity contribution in [3.05, 3.63) is 53.9 Å². The molecule has 1 aromatic heterocycles. The minimum Gasteiger partial charge on any atom is -0.478 e. The molecule has 0 aliphatic rings. The Bertz CT molecular complexity index is 599. The molecular formula is C15H17N3O2. The first kappa shape index (κ1) is 13.9. The van der Waals surface area contributed by atoms with Crippen LogP contribution < -0.4 is 10.6 Å². The van der Waals surface area contributed by atoms with Crippen molar-refractivity contribution in [3.8, 4) is 0 Å². The van der Waals surface area contributed by atoms with Crippen molar-refractivity contribution >= 4 is 17.3 Å². The number of benzene rings is 1. The number of aromatic nitrogens is 1. The fourth-order valence-corrected chi connectivity index (χ4v) is 2.08. The third-order valence-corrected chi connectivity index (χ3v) is 3.10. The van der Waals surface area contributed by atoms with Crippen LogP contribution in [0, 0.1) is 0 Å². The Kier molecular flexibility index (Phi) is 4.20. The number of aromatic carboxylic acids is 1. The number of hydrogen-bond donors (Lipinski definition) is 2. The second-order valence-electron chi connectivity index (χ2n) is 4.45. The lowest BCUT2D eigenvalue weighted by atomic mass is 10.1. The predicted molar refractivity (Wildman–Crippen MR) is 78.8 cm³/mol. The average molecular weight is 271 g/mol. The monoisotopic (exact) mass is 271 g/mol. The van der Waals surface area contributed by atoms with Crippen LogP contribution in [0.25, 0.3) is 0 Å². The molecule has 0 radical (unpaired) electrons. The van der Waals surface area contributed by atoms with E-state index in [0.29, 0.717) is 24.5 Å². The number of nitrogens with two attached hydrogens (primary N) is 1. The van der Waals surface area contributed by atoms with Crippen LogP contribution in [0.5, 0.6) is 0 Å². The first-order valence-electron chi connectivity index (χ1n) is 6.38. The lowest BCUT2D eigenvalue weighted by Crippen LogP contribution is -2.24. The number of nitrogens with zero attached hydrogens (tertiary/aromatic N) is 2. The smallest absolute Gasteiger partial charge is 0.337 e. The maximum Gasteiger partial charge on any atom is 0.337 e. The summed E-state index contributed by atoms with van der Waals surface area (Å²) in [5.41, 5.74) is 8.09. The number of anilines is 2. The van der Waals surface area contributed by atoms with Crippen molar-refractivity contribution in [1.29, 1.82) is 0 Å². The van der Waals surface area contributed by atoms with E-state index in [9.17, 15) is 9.90 Å². The third kappa shape index (κ3) is 3.06. The summed E-state index contributed by atoms with van der Waals surface area (Å²) >= 11 is 0. The summed E-state index contributed by atoms with van der Waals surface area (Å²) in [5, 5.41) is 9.31. The van der Waals surface area contributed by atoms with Crippen molar-refractivity contribution in [2.45, 2.75) is 13.5 Å². The minimum absolute atomic E-state index is 0.223. The van der Waals surface area contributed by atoms with Gasteiger partial charge in [0.2, 0.25) is 0 Å². The van der Waals surface area contributed by atoms with E-state index in [4.69, 9.17) is 5.73 Å². The molecule has 0 saturated carbocycles. The zero-order valence-corrected chi connectivity index (χ0v) is 11.3. The van der Waals surface area contributed by atoms with Gasteiger partial charge in [0.25, 0.3) is 0 Å². The van der Waals surface area contributed by atoms with Gasteiger partial charge in [-0.1, -0.05) is 0 Å². The zero-order chi connectivity index (χ0) is 14.5. The summed E-state index contributed by atoms with van der Waals surface area (Å²) in [5.74, 6) is -0.972. The quantitative estimate of drug-likeness (QED) is 0.816. The molecule has 1 aromatic carbocycles. The Morgan fingerprint density at radius 1 is 1.30 bits per heavy atom. The van der Waals surface area contributed by atoms with Crippen LogP contribution >= 0.6 is 0 Å². The standard InChI is InChI=1S/C15H17N3O2/c1-2-18(10-11-5-7-17-8-6-11)14-4-3-12(16)9-13(14)15(19)20/h3-9H,2,10,16H2,1H3,(H,19,20). The number of carboxylic acids is 1. The van der Waals surface area contributed by atoms with Gasteiger partial charge >= 0.3 is 5.97 Å². The molecule has 104 valence electrons. The van der Waals surface area contributed by atoms with Gasteiger partial charge in [0.15, 0.2) is 0 Å². The second-order valence-corrected chi connectivity index (χ2v) is 4.45. The second kappa shape index (κ2) is 6.06.